The summed E-state index contributed by atoms with van der Waals surface area (Å²) in [5.74, 6) is 0.458. The first kappa shape index (κ1) is 10.2. The fourth-order valence-corrected chi connectivity index (χ4v) is 3.14. The smallest absolute Gasteiger partial charge is 0.135 e. The van der Waals surface area contributed by atoms with Crippen molar-refractivity contribution in [1.82, 2.24) is 4.90 Å². The van der Waals surface area contributed by atoms with Crippen molar-refractivity contribution >= 4 is 5.78 Å². The Bertz CT molecular complexity index is 227. The number of carbonyl (C=O) groups is 1. The van der Waals surface area contributed by atoms with Gasteiger partial charge in [0.1, 0.15) is 5.78 Å². The third kappa shape index (κ3) is 1.50. The second kappa shape index (κ2) is 3.65. The molecule has 14 heavy (non-hydrogen) atoms. The zero-order chi connectivity index (χ0) is 10.2. The molecule has 0 spiro atoms. The third-order valence-electron chi connectivity index (χ3n) is 4.24. The zero-order valence-electron chi connectivity index (χ0n) is 9.38. The number of carbonyl (C=O) groups excluding carboxylic acids is 1. The van der Waals surface area contributed by atoms with E-state index in [2.05, 4.69) is 18.7 Å². The van der Waals surface area contributed by atoms with E-state index in [1.54, 1.807) is 0 Å². The van der Waals surface area contributed by atoms with Crippen LogP contribution in [0.3, 0.4) is 0 Å². The topological polar surface area (TPSA) is 20.3 Å². The lowest BCUT2D eigenvalue weighted by molar-refractivity contribution is -0.127. The molecule has 0 radical (unpaired) electrons. The molecule has 1 unspecified atom stereocenters. The standard InChI is InChI=1S/C12H21NO/c1-3-12(6-4-7-12)13-8-5-11(14)9-10(13)2/h10H,3-9H2,1-2H3. The summed E-state index contributed by atoms with van der Waals surface area (Å²) in [6, 6.07) is 0.483. The van der Waals surface area contributed by atoms with E-state index < -0.39 is 0 Å². The molecule has 2 fully saturated rings. The van der Waals surface area contributed by atoms with Crippen LogP contribution in [0.1, 0.15) is 52.4 Å². The molecule has 1 atom stereocenters. The molecular weight excluding hydrogens is 174 g/mol. The van der Waals surface area contributed by atoms with Gasteiger partial charge >= 0.3 is 0 Å². The number of rotatable bonds is 2. The minimum absolute atomic E-state index is 0.458. The average Bonchev–Trinajstić information content (AvgIpc) is 2.07. The highest BCUT2D eigenvalue weighted by Gasteiger charge is 2.44. The highest BCUT2D eigenvalue weighted by Crippen LogP contribution is 2.42. The van der Waals surface area contributed by atoms with E-state index in [4.69, 9.17) is 0 Å². The first-order valence-electron chi connectivity index (χ1n) is 5.96. The summed E-state index contributed by atoms with van der Waals surface area (Å²) in [7, 11) is 0. The molecule has 2 heteroatoms. The van der Waals surface area contributed by atoms with Crippen molar-refractivity contribution < 1.29 is 4.79 Å². The van der Waals surface area contributed by atoms with Gasteiger partial charge in [-0.3, -0.25) is 9.69 Å². The molecule has 1 heterocycles. The summed E-state index contributed by atoms with van der Waals surface area (Å²) in [5, 5.41) is 0. The van der Waals surface area contributed by atoms with E-state index in [1.165, 1.54) is 25.7 Å². The Balaban J connectivity index is 2.06. The zero-order valence-corrected chi connectivity index (χ0v) is 9.38. The predicted molar refractivity (Wildman–Crippen MR) is 57.3 cm³/mol. The van der Waals surface area contributed by atoms with Gasteiger partial charge in [-0.05, 0) is 32.6 Å². The number of nitrogens with zero attached hydrogens (tertiary/aromatic N) is 1. The number of hydrogen-bond acceptors (Lipinski definition) is 2. The second-order valence-electron chi connectivity index (χ2n) is 4.97. The number of hydrogen-bond donors (Lipinski definition) is 0. The summed E-state index contributed by atoms with van der Waals surface area (Å²) < 4.78 is 0. The Morgan fingerprint density at radius 1 is 1.50 bits per heavy atom. The van der Waals surface area contributed by atoms with Crippen LogP contribution in [0.4, 0.5) is 0 Å². The lowest BCUT2D eigenvalue weighted by atomic mass is 9.72. The van der Waals surface area contributed by atoms with Gasteiger partial charge in [-0.1, -0.05) is 6.92 Å². The van der Waals surface area contributed by atoms with Crippen molar-refractivity contribution in [1.29, 1.82) is 0 Å². The van der Waals surface area contributed by atoms with Gasteiger partial charge in [0.2, 0.25) is 0 Å². The van der Waals surface area contributed by atoms with E-state index in [0.717, 1.165) is 19.4 Å². The molecule has 0 aromatic heterocycles. The lowest BCUT2D eigenvalue weighted by Crippen LogP contribution is -2.59. The minimum Gasteiger partial charge on any atom is -0.300 e. The molecule has 1 aliphatic heterocycles. The molecule has 1 saturated heterocycles. The molecule has 0 aromatic carbocycles. The molecule has 2 aliphatic rings. The number of Topliss-reactive ketones (excluding diaryl/α,β-unsaturated/α-hetero) is 1. The van der Waals surface area contributed by atoms with Gasteiger partial charge in [-0.15, -0.1) is 0 Å². The maximum Gasteiger partial charge on any atom is 0.135 e. The largest absolute Gasteiger partial charge is 0.300 e. The van der Waals surface area contributed by atoms with Crippen molar-refractivity contribution in [3.8, 4) is 0 Å². The van der Waals surface area contributed by atoms with Crippen LogP contribution in [0.15, 0.2) is 0 Å². The normalized spacial score (nSPS) is 32.7. The van der Waals surface area contributed by atoms with Crippen molar-refractivity contribution in [3.63, 3.8) is 0 Å². The molecule has 0 amide bonds. The Hall–Kier alpha value is -0.370. The highest BCUT2D eigenvalue weighted by atomic mass is 16.1. The number of piperidine rings is 1. The van der Waals surface area contributed by atoms with Crippen molar-refractivity contribution in [3.05, 3.63) is 0 Å². The van der Waals surface area contributed by atoms with Crippen molar-refractivity contribution in [2.45, 2.75) is 64.0 Å². The first-order valence-corrected chi connectivity index (χ1v) is 5.96. The van der Waals surface area contributed by atoms with Crippen LogP contribution >= 0.6 is 0 Å². The minimum atomic E-state index is 0.458. The van der Waals surface area contributed by atoms with Crippen LogP contribution in [0.2, 0.25) is 0 Å². The van der Waals surface area contributed by atoms with Crippen molar-refractivity contribution in [2.75, 3.05) is 6.54 Å². The van der Waals surface area contributed by atoms with Crippen LogP contribution in [-0.2, 0) is 4.79 Å². The Morgan fingerprint density at radius 3 is 2.64 bits per heavy atom. The first-order chi connectivity index (χ1) is 6.68. The van der Waals surface area contributed by atoms with E-state index in [9.17, 15) is 4.79 Å². The lowest BCUT2D eigenvalue weighted by Gasteiger charge is -2.54. The van der Waals surface area contributed by atoms with Crippen LogP contribution < -0.4 is 0 Å². The Labute approximate surface area is 86.7 Å². The van der Waals surface area contributed by atoms with Gasteiger partial charge in [-0.2, -0.15) is 0 Å². The fourth-order valence-electron chi connectivity index (χ4n) is 3.14. The Kier molecular flexibility index (Phi) is 2.65. The van der Waals surface area contributed by atoms with Gasteiger partial charge in [0.15, 0.2) is 0 Å². The van der Waals surface area contributed by atoms with E-state index in [-0.39, 0.29) is 0 Å². The molecule has 2 rings (SSSR count). The number of ketones is 1. The SMILES string of the molecule is CCC1(N2CCC(=O)CC2C)CCC1. The number of likely N-dealkylation sites (tertiary alicyclic amines) is 1. The maximum atomic E-state index is 11.3. The molecular formula is C12H21NO. The monoisotopic (exact) mass is 195 g/mol. The molecule has 2 nitrogen and oxygen atoms in total. The summed E-state index contributed by atoms with van der Waals surface area (Å²) >= 11 is 0. The van der Waals surface area contributed by atoms with Gasteiger partial charge < -0.3 is 0 Å². The molecule has 80 valence electrons. The Morgan fingerprint density at radius 2 is 2.21 bits per heavy atom. The molecule has 0 N–H and O–H groups in total. The maximum absolute atomic E-state index is 11.3. The van der Waals surface area contributed by atoms with E-state index in [0.29, 0.717) is 17.4 Å². The molecule has 0 aromatic rings. The summed E-state index contributed by atoms with van der Waals surface area (Å²) in [6.07, 6.45) is 6.90. The predicted octanol–water partition coefficient (Wildman–Crippen LogP) is 2.37. The summed E-state index contributed by atoms with van der Waals surface area (Å²) in [4.78, 5) is 13.9. The van der Waals surface area contributed by atoms with Crippen LogP contribution in [0, 0.1) is 0 Å². The highest BCUT2D eigenvalue weighted by molar-refractivity contribution is 5.80. The van der Waals surface area contributed by atoms with Crippen molar-refractivity contribution in [2.24, 2.45) is 0 Å². The van der Waals surface area contributed by atoms with Gasteiger partial charge in [0.25, 0.3) is 0 Å². The van der Waals surface area contributed by atoms with Gasteiger partial charge in [0, 0.05) is 31.0 Å². The summed E-state index contributed by atoms with van der Waals surface area (Å²) in [5.41, 5.74) is 0.472. The van der Waals surface area contributed by atoms with Crippen LogP contribution in [0.25, 0.3) is 0 Å². The molecule has 1 saturated carbocycles. The second-order valence-corrected chi connectivity index (χ2v) is 4.97. The van der Waals surface area contributed by atoms with Crippen LogP contribution in [-0.4, -0.2) is 28.8 Å². The molecule has 0 bridgehead atoms. The van der Waals surface area contributed by atoms with E-state index >= 15 is 0 Å². The fraction of sp³-hybridized carbons (Fsp3) is 0.917. The molecule has 1 aliphatic carbocycles. The quantitative estimate of drug-likeness (QED) is 0.674. The van der Waals surface area contributed by atoms with E-state index in [1.807, 2.05) is 0 Å². The van der Waals surface area contributed by atoms with Gasteiger partial charge in [-0.25, -0.2) is 0 Å². The summed E-state index contributed by atoms with van der Waals surface area (Å²) in [6.45, 7) is 5.52. The average molecular weight is 195 g/mol. The third-order valence-corrected chi connectivity index (χ3v) is 4.24. The van der Waals surface area contributed by atoms with Crippen LogP contribution in [0.5, 0.6) is 0 Å². The van der Waals surface area contributed by atoms with Gasteiger partial charge in [0.05, 0.1) is 0 Å².